The maximum Gasteiger partial charge on any atom is 0.310 e. The highest BCUT2D eigenvalue weighted by molar-refractivity contribution is 7.68. The molecule has 3 atom stereocenters. The minimum Gasteiger partial charge on any atom is -0.469 e. The Morgan fingerprint density at radius 3 is 1.84 bits per heavy atom. The molecule has 8 heteroatoms. The van der Waals surface area contributed by atoms with Crippen LogP contribution in [0, 0.1) is 5.92 Å². The summed E-state index contributed by atoms with van der Waals surface area (Å²) in [4.78, 5) is 13.5. The fraction of sp³-hybridized carbons (Fsp3) is 0.542. The Kier molecular flexibility index (Phi) is 6.54. The number of esters is 1. The summed E-state index contributed by atoms with van der Waals surface area (Å²) in [6, 6.07) is 14.6. The SMILES string of the molecule is COC(=O)[C@H]1[C@H](c2ccccc2)[C@@]1(c1ccco1)[Si](O[Si](C)(C)C)([Si](C)(C)C)[Si](C)(C)C. The smallest absolute Gasteiger partial charge is 0.310 e. The Balaban J connectivity index is 2.47. The van der Waals surface area contributed by atoms with Crippen LogP contribution in [0.3, 0.4) is 0 Å². The first kappa shape index (κ1) is 25.4. The lowest BCUT2D eigenvalue weighted by molar-refractivity contribution is -0.142. The van der Waals surface area contributed by atoms with Crippen molar-refractivity contribution < 1.29 is 18.1 Å². The van der Waals surface area contributed by atoms with Gasteiger partial charge in [0.1, 0.15) is 5.76 Å². The molecular weight excluding hydrogens is 465 g/mol. The standard InChI is InChI=1S/C24H40O4Si4/c1-26-23(25)22-21(19-15-12-11-13-16-19)24(22,20-17-14-18-27-20)32(30(5,6)7,31(8,9)10)28-29(2,3)4/h11-18,21-22H,1-10H3/t21-,22+,24+/m0/s1. The van der Waals surface area contributed by atoms with Crippen LogP contribution >= 0.6 is 0 Å². The Morgan fingerprint density at radius 2 is 1.44 bits per heavy atom. The average Bonchev–Trinajstić information content (AvgIpc) is 3.04. The number of methoxy groups -OCH3 is 1. The van der Waals surface area contributed by atoms with Gasteiger partial charge in [0, 0.05) is 5.92 Å². The van der Waals surface area contributed by atoms with Crippen molar-refractivity contribution in [1.29, 1.82) is 0 Å². The highest BCUT2D eigenvalue weighted by Crippen LogP contribution is 2.73. The number of carbonyl (C=O) groups excluding carboxylic acids is 1. The van der Waals surface area contributed by atoms with E-state index >= 15 is 0 Å². The van der Waals surface area contributed by atoms with E-state index in [0.29, 0.717) is 0 Å². The van der Waals surface area contributed by atoms with Crippen molar-refractivity contribution in [3.63, 3.8) is 0 Å². The molecule has 1 aliphatic carbocycles. The summed E-state index contributed by atoms with van der Waals surface area (Å²) >= 11 is 0. The third-order valence-corrected chi connectivity index (χ3v) is 47.3. The van der Waals surface area contributed by atoms with Gasteiger partial charge in [-0.3, -0.25) is 4.79 Å². The summed E-state index contributed by atoms with van der Waals surface area (Å²) < 4.78 is 19.3. The highest BCUT2D eigenvalue weighted by Gasteiger charge is 2.86. The van der Waals surface area contributed by atoms with Crippen molar-refractivity contribution in [2.24, 2.45) is 5.92 Å². The summed E-state index contributed by atoms with van der Waals surface area (Å²) in [7, 11) is -6.93. The second kappa shape index (κ2) is 8.23. The Bertz CT molecular complexity index is 925. The number of furan rings is 1. The van der Waals surface area contributed by atoms with Gasteiger partial charge in [0.05, 0.1) is 39.5 Å². The second-order valence-corrected chi connectivity index (χ2v) is 43.1. The van der Waals surface area contributed by atoms with Gasteiger partial charge in [0.25, 0.3) is 0 Å². The molecule has 1 heterocycles. The third-order valence-electron chi connectivity index (χ3n) is 6.90. The number of rotatable bonds is 8. The monoisotopic (exact) mass is 504 g/mol. The first-order chi connectivity index (χ1) is 14.6. The summed E-state index contributed by atoms with van der Waals surface area (Å²) in [6.07, 6.45) is 1.76. The number of ether oxygens (including phenoxy) is 1. The maximum absolute atomic E-state index is 13.5. The molecule has 0 spiro atoms. The van der Waals surface area contributed by atoms with Gasteiger partial charge in [-0.2, -0.15) is 0 Å². The third kappa shape index (κ3) is 3.77. The van der Waals surface area contributed by atoms with E-state index in [2.05, 4.69) is 89.3 Å². The largest absolute Gasteiger partial charge is 0.469 e. The molecule has 3 rings (SSSR count). The molecule has 0 radical (unpaired) electrons. The van der Waals surface area contributed by atoms with Crippen LogP contribution in [0.4, 0.5) is 0 Å². The molecule has 1 aromatic heterocycles. The van der Waals surface area contributed by atoms with E-state index in [1.165, 1.54) is 12.7 Å². The summed E-state index contributed by atoms with van der Waals surface area (Å²) in [6.45, 7) is 21.7. The van der Waals surface area contributed by atoms with Crippen molar-refractivity contribution >= 4 is 36.8 Å². The Hall–Kier alpha value is -1.20. The molecule has 1 aromatic carbocycles. The Labute approximate surface area is 197 Å². The zero-order valence-corrected chi connectivity index (χ0v) is 25.4. The van der Waals surface area contributed by atoms with Crippen LogP contribution in [0.15, 0.2) is 53.1 Å². The van der Waals surface area contributed by atoms with E-state index in [1.807, 2.05) is 12.1 Å². The predicted octanol–water partition coefficient (Wildman–Crippen LogP) is 6.27. The fourth-order valence-corrected chi connectivity index (χ4v) is 68.1. The van der Waals surface area contributed by atoms with Crippen LogP contribution in [0.5, 0.6) is 0 Å². The summed E-state index contributed by atoms with van der Waals surface area (Å²) in [5, 5.41) is -0.444. The fourth-order valence-electron chi connectivity index (χ4n) is 6.60. The van der Waals surface area contributed by atoms with Gasteiger partial charge >= 0.3 is 5.97 Å². The molecule has 176 valence electrons. The molecular formula is C24H40O4Si4. The average molecular weight is 505 g/mol. The lowest BCUT2D eigenvalue weighted by atomic mass is 10.1. The first-order valence-corrected chi connectivity index (χ1v) is 25.8. The maximum atomic E-state index is 13.5. The molecule has 0 unspecified atom stereocenters. The summed E-state index contributed by atoms with van der Waals surface area (Å²) in [5.74, 6) is 0.533. The number of hydrogen-bond donors (Lipinski definition) is 0. The summed E-state index contributed by atoms with van der Waals surface area (Å²) in [5.41, 5.74) is 1.19. The molecule has 1 aliphatic rings. The molecule has 0 bridgehead atoms. The lowest BCUT2D eigenvalue weighted by Gasteiger charge is -2.57. The Morgan fingerprint density at radius 1 is 0.875 bits per heavy atom. The van der Waals surface area contributed by atoms with Crippen molar-refractivity contribution in [3.8, 4) is 0 Å². The van der Waals surface area contributed by atoms with Gasteiger partial charge in [-0.15, -0.1) is 0 Å². The molecule has 4 nitrogen and oxygen atoms in total. The zero-order valence-electron chi connectivity index (χ0n) is 21.4. The second-order valence-electron chi connectivity index (χ2n) is 12.1. The number of carbonyl (C=O) groups is 1. The molecule has 0 aliphatic heterocycles. The van der Waals surface area contributed by atoms with E-state index in [4.69, 9.17) is 13.3 Å². The van der Waals surface area contributed by atoms with Gasteiger partial charge in [0.2, 0.25) is 0 Å². The van der Waals surface area contributed by atoms with Crippen LogP contribution in [0.2, 0.25) is 58.9 Å². The van der Waals surface area contributed by atoms with Crippen LogP contribution in [0.1, 0.15) is 17.2 Å². The van der Waals surface area contributed by atoms with Crippen molar-refractivity contribution in [3.05, 3.63) is 60.1 Å². The molecule has 0 N–H and O–H groups in total. The van der Waals surface area contributed by atoms with E-state index in [1.54, 1.807) is 6.26 Å². The molecule has 1 fully saturated rings. The lowest BCUT2D eigenvalue weighted by Crippen LogP contribution is -2.82. The van der Waals surface area contributed by atoms with E-state index in [0.717, 1.165) is 5.76 Å². The van der Waals surface area contributed by atoms with Crippen LogP contribution in [0.25, 0.3) is 0 Å². The highest BCUT2D eigenvalue weighted by atomic mass is 29.7. The van der Waals surface area contributed by atoms with E-state index in [9.17, 15) is 4.79 Å². The predicted molar refractivity (Wildman–Crippen MR) is 142 cm³/mol. The molecule has 0 saturated heterocycles. The van der Waals surface area contributed by atoms with Crippen LogP contribution < -0.4 is 0 Å². The molecule has 2 aromatic rings. The topological polar surface area (TPSA) is 48.7 Å². The van der Waals surface area contributed by atoms with Gasteiger partial charge in [-0.1, -0.05) is 69.6 Å². The van der Waals surface area contributed by atoms with E-state index in [-0.39, 0.29) is 17.8 Å². The van der Waals surface area contributed by atoms with Gasteiger partial charge < -0.3 is 13.3 Å². The zero-order chi connectivity index (χ0) is 24.2. The minimum atomic E-state index is -2.60. The van der Waals surface area contributed by atoms with Crippen molar-refractivity contribution in [2.75, 3.05) is 7.11 Å². The molecule has 32 heavy (non-hydrogen) atoms. The van der Waals surface area contributed by atoms with Crippen molar-refractivity contribution in [2.45, 2.75) is 69.9 Å². The van der Waals surface area contributed by atoms with Gasteiger partial charge in [0.15, 0.2) is 15.7 Å². The first-order valence-electron chi connectivity index (χ1n) is 11.5. The van der Waals surface area contributed by atoms with Crippen LogP contribution in [-0.2, 0) is 18.7 Å². The van der Waals surface area contributed by atoms with Crippen LogP contribution in [-0.4, -0.2) is 43.9 Å². The number of benzene rings is 1. The normalized spacial score (nSPS) is 24.3. The van der Waals surface area contributed by atoms with Gasteiger partial charge in [-0.25, -0.2) is 0 Å². The molecule has 1 saturated carbocycles. The quantitative estimate of drug-likeness (QED) is 0.314. The number of hydrogen-bond acceptors (Lipinski definition) is 4. The molecule has 0 amide bonds. The van der Waals surface area contributed by atoms with E-state index < -0.39 is 35.9 Å². The van der Waals surface area contributed by atoms with Crippen molar-refractivity contribution in [1.82, 2.24) is 0 Å². The minimum absolute atomic E-state index is 0.0174. The van der Waals surface area contributed by atoms with Gasteiger partial charge in [-0.05, 0) is 37.3 Å².